The van der Waals surface area contributed by atoms with Crippen molar-refractivity contribution in [3.05, 3.63) is 46.7 Å². The lowest BCUT2D eigenvalue weighted by Crippen LogP contribution is -2.51. The van der Waals surface area contributed by atoms with Crippen LogP contribution in [0.1, 0.15) is 42.7 Å². The van der Waals surface area contributed by atoms with Crippen molar-refractivity contribution in [2.75, 3.05) is 13.1 Å². The maximum atomic E-state index is 13.1. The number of nitrogens with zero attached hydrogens (tertiary/aromatic N) is 3. The summed E-state index contributed by atoms with van der Waals surface area (Å²) in [5.74, 6) is -1.29. The minimum absolute atomic E-state index is 0.0123. The number of ether oxygens (including phenoxy) is 1. The molecule has 144 valence electrons. The van der Waals surface area contributed by atoms with Crippen LogP contribution in [0.25, 0.3) is 5.69 Å². The minimum Gasteiger partial charge on any atom is -0.479 e. The Kier molecular flexibility index (Phi) is 5.53. The molecule has 2 atom stereocenters. The Morgan fingerprint density at radius 1 is 1.33 bits per heavy atom. The first kappa shape index (κ1) is 19.4. The number of amides is 1. The Bertz CT molecular complexity index is 864. The van der Waals surface area contributed by atoms with Gasteiger partial charge in [-0.05, 0) is 31.0 Å². The predicted octanol–water partition coefficient (Wildman–Crippen LogP) is 2.96. The molecule has 27 heavy (non-hydrogen) atoms. The number of carboxylic acid groups (broad SMARTS) is 1. The summed E-state index contributed by atoms with van der Waals surface area (Å²) in [6, 6.07) is 7.26. The molecular formula is C19H22ClN3O4. The van der Waals surface area contributed by atoms with Gasteiger partial charge in [0.2, 0.25) is 0 Å². The van der Waals surface area contributed by atoms with Crippen LogP contribution in [0, 0.1) is 0 Å². The number of aliphatic carboxylic acids is 1. The number of aromatic nitrogens is 2. The Labute approximate surface area is 162 Å². The summed E-state index contributed by atoms with van der Waals surface area (Å²) in [7, 11) is 0. The molecule has 1 N–H and O–H groups in total. The second-order valence-corrected chi connectivity index (χ2v) is 7.41. The molecule has 0 radical (unpaired) electrons. The monoisotopic (exact) mass is 391 g/mol. The Balaban J connectivity index is 1.97. The van der Waals surface area contributed by atoms with Crippen molar-refractivity contribution in [3.8, 4) is 5.69 Å². The molecule has 1 aromatic heterocycles. The summed E-state index contributed by atoms with van der Waals surface area (Å²) >= 11 is 6.09. The standard InChI is InChI=1S/C19H22ClN3O4/c1-11(2)17-15(8-21-23(17)14-6-4-5-13(20)7-14)18(24)22-9-12(3)27-16(10-22)19(25)26/h4-8,11-12,16H,9-10H2,1-3H3,(H,25,26)/t12-,16?/m1/s1. The van der Waals surface area contributed by atoms with Gasteiger partial charge in [-0.1, -0.05) is 31.5 Å². The lowest BCUT2D eigenvalue weighted by Gasteiger charge is -2.35. The van der Waals surface area contributed by atoms with Crippen molar-refractivity contribution >= 4 is 23.5 Å². The van der Waals surface area contributed by atoms with E-state index in [0.717, 1.165) is 11.4 Å². The van der Waals surface area contributed by atoms with Crippen LogP contribution in [-0.2, 0) is 9.53 Å². The van der Waals surface area contributed by atoms with Gasteiger partial charge in [0, 0.05) is 11.6 Å². The predicted molar refractivity (Wildman–Crippen MR) is 101 cm³/mol. The highest BCUT2D eigenvalue weighted by Crippen LogP contribution is 2.26. The molecule has 1 fully saturated rings. The average molecular weight is 392 g/mol. The van der Waals surface area contributed by atoms with Gasteiger partial charge in [0.25, 0.3) is 5.91 Å². The summed E-state index contributed by atoms with van der Waals surface area (Å²) in [5.41, 5.74) is 1.99. The van der Waals surface area contributed by atoms with E-state index in [4.69, 9.17) is 16.3 Å². The fraction of sp³-hybridized carbons (Fsp3) is 0.421. The largest absolute Gasteiger partial charge is 0.479 e. The van der Waals surface area contributed by atoms with E-state index >= 15 is 0 Å². The number of carboxylic acids is 1. The quantitative estimate of drug-likeness (QED) is 0.866. The van der Waals surface area contributed by atoms with E-state index in [-0.39, 0.29) is 24.5 Å². The van der Waals surface area contributed by atoms with Gasteiger partial charge < -0.3 is 14.7 Å². The number of benzene rings is 1. The zero-order valence-corrected chi connectivity index (χ0v) is 16.2. The summed E-state index contributed by atoms with van der Waals surface area (Å²) in [6.45, 7) is 6.07. The number of morpholine rings is 1. The smallest absolute Gasteiger partial charge is 0.334 e. The molecule has 0 saturated carbocycles. The van der Waals surface area contributed by atoms with E-state index in [0.29, 0.717) is 17.1 Å². The third-order valence-electron chi connectivity index (χ3n) is 4.46. The molecule has 1 aliphatic rings. The van der Waals surface area contributed by atoms with Crippen LogP contribution in [0.5, 0.6) is 0 Å². The van der Waals surface area contributed by atoms with Crippen molar-refractivity contribution in [1.82, 2.24) is 14.7 Å². The first-order chi connectivity index (χ1) is 12.8. The molecule has 7 nitrogen and oxygen atoms in total. The number of hydrogen-bond acceptors (Lipinski definition) is 4. The Morgan fingerprint density at radius 3 is 2.70 bits per heavy atom. The molecule has 1 aliphatic heterocycles. The van der Waals surface area contributed by atoms with Gasteiger partial charge in [-0.25, -0.2) is 9.48 Å². The van der Waals surface area contributed by atoms with Crippen molar-refractivity contribution in [3.63, 3.8) is 0 Å². The van der Waals surface area contributed by atoms with Crippen LogP contribution in [0.3, 0.4) is 0 Å². The zero-order valence-electron chi connectivity index (χ0n) is 15.4. The molecule has 3 rings (SSSR count). The third-order valence-corrected chi connectivity index (χ3v) is 4.69. The second-order valence-electron chi connectivity index (χ2n) is 6.97. The first-order valence-electron chi connectivity index (χ1n) is 8.79. The van der Waals surface area contributed by atoms with Crippen molar-refractivity contribution in [1.29, 1.82) is 0 Å². The maximum absolute atomic E-state index is 13.1. The van der Waals surface area contributed by atoms with Gasteiger partial charge in [0.1, 0.15) is 0 Å². The lowest BCUT2D eigenvalue weighted by atomic mass is 10.0. The highest BCUT2D eigenvalue weighted by molar-refractivity contribution is 6.30. The number of halogens is 1. The van der Waals surface area contributed by atoms with Gasteiger partial charge in [-0.3, -0.25) is 4.79 Å². The van der Waals surface area contributed by atoms with Crippen molar-refractivity contribution < 1.29 is 19.4 Å². The van der Waals surface area contributed by atoms with Crippen LogP contribution < -0.4 is 0 Å². The molecule has 2 aromatic rings. The highest BCUT2D eigenvalue weighted by atomic mass is 35.5. The molecule has 1 aromatic carbocycles. The maximum Gasteiger partial charge on any atom is 0.334 e. The molecule has 1 unspecified atom stereocenters. The zero-order chi connectivity index (χ0) is 19.7. The average Bonchev–Trinajstić information content (AvgIpc) is 3.05. The van der Waals surface area contributed by atoms with E-state index < -0.39 is 12.1 Å². The third kappa shape index (κ3) is 3.99. The summed E-state index contributed by atoms with van der Waals surface area (Å²) in [6.07, 6.45) is 0.159. The van der Waals surface area contributed by atoms with Crippen LogP contribution >= 0.6 is 11.6 Å². The van der Waals surface area contributed by atoms with E-state index in [1.54, 1.807) is 23.7 Å². The molecule has 0 aliphatic carbocycles. The van der Waals surface area contributed by atoms with Crippen molar-refractivity contribution in [2.45, 2.75) is 38.9 Å². The van der Waals surface area contributed by atoms with Gasteiger partial charge in [-0.2, -0.15) is 5.10 Å². The van der Waals surface area contributed by atoms with Crippen LogP contribution in [-0.4, -0.2) is 57.0 Å². The van der Waals surface area contributed by atoms with E-state index in [1.165, 1.54) is 11.1 Å². The SMILES string of the molecule is CC(C)c1c(C(=O)N2CC(C(=O)O)O[C@H](C)C2)cnn1-c1cccc(Cl)c1. The molecule has 2 heterocycles. The normalized spacial score (nSPS) is 20.1. The molecular weight excluding hydrogens is 370 g/mol. The summed E-state index contributed by atoms with van der Waals surface area (Å²) in [5, 5.41) is 14.2. The van der Waals surface area contributed by atoms with Crippen LogP contribution in [0.15, 0.2) is 30.5 Å². The topological polar surface area (TPSA) is 84.7 Å². The fourth-order valence-electron chi connectivity index (χ4n) is 3.32. The van der Waals surface area contributed by atoms with Crippen LogP contribution in [0.4, 0.5) is 0 Å². The minimum atomic E-state index is -1.07. The molecule has 0 spiro atoms. The van der Waals surface area contributed by atoms with E-state index in [9.17, 15) is 14.7 Å². The van der Waals surface area contributed by atoms with Gasteiger partial charge in [-0.15, -0.1) is 0 Å². The number of hydrogen-bond donors (Lipinski definition) is 1. The molecule has 1 saturated heterocycles. The molecule has 1 amide bonds. The summed E-state index contributed by atoms with van der Waals surface area (Å²) < 4.78 is 7.11. The second kappa shape index (κ2) is 7.70. The number of carbonyl (C=O) groups is 2. The van der Waals surface area contributed by atoms with E-state index in [2.05, 4.69) is 5.10 Å². The van der Waals surface area contributed by atoms with Gasteiger partial charge in [0.05, 0.1) is 35.8 Å². The lowest BCUT2D eigenvalue weighted by molar-refractivity contribution is -0.160. The van der Waals surface area contributed by atoms with Gasteiger partial charge >= 0.3 is 5.97 Å². The molecule has 8 heteroatoms. The van der Waals surface area contributed by atoms with Crippen molar-refractivity contribution in [2.24, 2.45) is 0 Å². The molecule has 0 bridgehead atoms. The summed E-state index contributed by atoms with van der Waals surface area (Å²) in [4.78, 5) is 26.0. The highest BCUT2D eigenvalue weighted by Gasteiger charge is 2.34. The number of rotatable bonds is 4. The number of carbonyl (C=O) groups excluding carboxylic acids is 1. The van der Waals surface area contributed by atoms with Gasteiger partial charge in [0.15, 0.2) is 6.10 Å². The Hall–Kier alpha value is -2.38. The fourth-order valence-corrected chi connectivity index (χ4v) is 3.50. The Morgan fingerprint density at radius 2 is 2.07 bits per heavy atom. The van der Waals surface area contributed by atoms with Crippen LogP contribution in [0.2, 0.25) is 5.02 Å². The first-order valence-corrected chi connectivity index (χ1v) is 9.17. The van der Waals surface area contributed by atoms with E-state index in [1.807, 2.05) is 26.0 Å².